The number of H-pyrrole nitrogens is 1. The largest absolute Gasteiger partial charge is 0.344 e. The lowest BCUT2D eigenvalue weighted by atomic mass is 10.2. The molecular weight excluding hydrogens is 444 g/mol. The summed E-state index contributed by atoms with van der Waals surface area (Å²) < 4.78 is 26.5. The van der Waals surface area contributed by atoms with E-state index in [2.05, 4.69) is 25.0 Å². The summed E-state index contributed by atoms with van der Waals surface area (Å²) in [4.78, 5) is 31.3. The van der Waals surface area contributed by atoms with Crippen molar-refractivity contribution in [3.8, 4) is 0 Å². The van der Waals surface area contributed by atoms with Crippen LogP contribution in [0, 0.1) is 0 Å². The molecule has 162 valence electrons. The molecule has 1 N–H and O–H groups in total. The number of hydrogen-bond acceptors (Lipinski definition) is 8. The quantitative estimate of drug-likeness (QED) is 0.468. The fourth-order valence-electron chi connectivity index (χ4n) is 4.05. The number of rotatable bonds is 5. The molecule has 1 atom stereocenters. The molecule has 1 fully saturated rings. The first-order chi connectivity index (χ1) is 14.8. The summed E-state index contributed by atoms with van der Waals surface area (Å²) in [6, 6.07) is 1.31. The van der Waals surface area contributed by atoms with E-state index in [9.17, 15) is 13.2 Å². The third-order valence-electron chi connectivity index (χ3n) is 5.46. The van der Waals surface area contributed by atoms with Crippen LogP contribution in [-0.2, 0) is 16.4 Å². The molecule has 0 spiro atoms. The Morgan fingerprint density at radius 3 is 2.94 bits per heavy atom. The van der Waals surface area contributed by atoms with Crippen molar-refractivity contribution in [3.05, 3.63) is 46.1 Å². The van der Waals surface area contributed by atoms with Gasteiger partial charge in [0.1, 0.15) is 27.2 Å². The number of halogens is 1. The first-order valence-electron chi connectivity index (χ1n) is 9.69. The second-order valence-corrected chi connectivity index (χ2v) is 10.2. The van der Waals surface area contributed by atoms with E-state index in [1.807, 2.05) is 4.90 Å². The van der Waals surface area contributed by atoms with E-state index in [0.29, 0.717) is 29.4 Å². The van der Waals surface area contributed by atoms with E-state index in [1.165, 1.54) is 15.4 Å². The zero-order valence-electron chi connectivity index (χ0n) is 16.6. The molecule has 4 aromatic heterocycles. The molecule has 0 unspecified atom stereocenters. The zero-order chi connectivity index (χ0) is 21.8. The highest BCUT2D eigenvalue weighted by Gasteiger charge is 2.33. The summed E-state index contributed by atoms with van der Waals surface area (Å²) in [6.45, 7) is 0.681. The Balaban J connectivity index is 1.67. The molecule has 1 saturated heterocycles. The van der Waals surface area contributed by atoms with Crippen molar-refractivity contribution < 1.29 is 8.42 Å². The maximum atomic E-state index is 13.3. The fraction of sp³-hybridized carbons (Fsp3) is 0.389. The molecule has 0 radical (unpaired) electrons. The maximum Gasteiger partial charge on any atom is 0.279 e. The van der Waals surface area contributed by atoms with Crippen LogP contribution in [0.3, 0.4) is 0 Å². The molecule has 0 aliphatic carbocycles. The van der Waals surface area contributed by atoms with Crippen LogP contribution >= 0.6 is 11.6 Å². The molecule has 5 heterocycles. The van der Waals surface area contributed by atoms with E-state index in [0.717, 1.165) is 19.1 Å². The number of aromatic amines is 1. The summed E-state index contributed by atoms with van der Waals surface area (Å²) in [6.07, 6.45) is 7.37. The third kappa shape index (κ3) is 3.45. The summed E-state index contributed by atoms with van der Waals surface area (Å²) in [5.74, 6) is 0.927. The Morgan fingerprint density at radius 2 is 2.13 bits per heavy atom. The number of imidazole rings is 1. The molecular formula is C18H19ClN8O3S. The van der Waals surface area contributed by atoms with E-state index in [-0.39, 0.29) is 34.4 Å². The second-order valence-electron chi connectivity index (χ2n) is 7.55. The summed E-state index contributed by atoms with van der Waals surface area (Å²) >= 11 is 6.20. The first-order valence-corrected chi connectivity index (χ1v) is 12.1. The maximum absolute atomic E-state index is 13.3. The van der Waals surface area contributed by atoms with Crippen LogP contribution < -0.4 is 10.5 Å². The van der Waals surface area contributed by atoms with Crippen molar-refractivity contribution in [1.29, 1.82) is 0 Å². The van der Waals surface area contributed by atoms with Crippen molar-refractivity contribution in [2.24, 2.45) is 0 Å². The van der Waals surface area contributed by atoms with Gasteiger partial charge in [0.15, 0.2) is 17.3 Å². The number of anilines is 1. The molecule has 0 bridgehead atoms. The molecule has 1 aliphatic heterocycles. The number of nitrogens with zero attached hydrogens (tertiary/aromatic N) is 7. The number of aromatic nitrogens is 7. The van der Waals surface area contributed by atoms with Crippen molar-refractivity contribution in [3.63, 3.8) is 0 Å². The number of fused-ring (bicyclic) bond motifs is 2. The van der Waals surface area contributed by atoms with Crippen LogP contribution in [0.4, 0.5) is 5.82 Å². The fourth-order valence-corrected chi connectivity index (χ4v) is 4.79. The highest BCUT2D eigenvalue weighted by molar-refractivity contribution is 7.90. The van der Waals surface area contributed by atoms with Gasteiger partial charge < -0.3 is 9.88 Å². The standard InChI is InChI=1S/C18H19ClN8O3S/c1-31(29,30)8-7-26-16(24-27-6-4-11(19)14(27)18(26)28)12-3-2-5-25(12)17-13-15(21-9-20-13)22-10-23-17/h4,6,9-10,12H,2-3,5,7-8H2,1H3,(H,20,21,22,23)/t12-/m0/s1. The van der Waals surface area contributed by atoms with Crippen molar-refractivity contribution in [2.75, 3.05) is 23.5 Å². The van der Waals surface area contributed by atoms with Gasteiger partial charge in [-0.15, -0.1) is 0 Å². The minimum atomic E-state index is -3.29. The third-order valence-corrected chi connectivity index (χ3v) is 6.69. The minimum absolute atomic E-state index is 0.00998. The Kier molecular flexibility index (Phi) is 4.70. The van der Waals surface area contributed by atoms with Crippen LogP contribution in [0.25, 0.3) is 16.7 Å². The molecule has 0 aromatic carbocycles. The Bertz CT molecular complexity index is 1460. The highest BCUT2D eigenvalue weighted by Crippen LogP contribution is 2.36. The number of nitrogens with one attached hydrogen (secondary N) is 1. The number of hydrogen-bond donors (Lipinski definition) is 1. The summed E-state index contributed by atoms with van der Waals surface area (Å²) in [5, 5.41) is 4.94. The Morgan fingerprint density at radius 1 is 1.29 bits per heavy atom. The predicted molar refractivity (Wildman–Crippen MR) is 115 cm³/mol. The SMILES string of the molecule is CS(=O)(=O)CCn1c([C@@H]2CCCN2c2ncnc3[nH]cnc23)nn2ccc(Cl)c2c1=O. The summed E-state index contributed by atoms with van der Waals surface area (Å²) in [7, 11) is -3.29. The normalized spacial score (nSPS) is 17.2. The lowest BCUT2D eigenvalue weighted by molar-refractivity contribution is 0.539. The monoisotopic (exact) mass is 462 g/mol. The van der Waals surface area contributed by atoms with Gasteiger partial charge in [0, 0.05) is 25.5 Å². The molecule has 0 saturated carbocycles. The van der Waals surface area contributed by atoms with Crippen molar-refractivity contribution in [1.82, 2.24) is 34.1 Å². The average Bonchev–Trinajstić information content (AvgIpc) is 3.45. The van der Waals surface area contributed by atoms with E-state index in [4.69, 9.17) is 11.6 Å². The molecule has 31 heavy (non-hydrogen) atoms. The van der Waals surface area contributed by atoms with Crippen LogP contribution in [0.2, 0.25) is 5.02 Å². The zero-order valence-corrected chi connectivity index (χ0v) is 18.1. The number of sulfone groups is 1. The highest BCUT2D eigenvalue weighted by atomic mass is 35.5. The second kappa shape index (κ2) is 7.31. The first kappa shape index (κ1) is 19.9. The van der Waals surface area contributed by atoms with Crippen LogP contribution in [0.15, 0.2) is 29.7 Å². The van der Waals surface area contributed by atoms with E-state index >= 15 is 0 Å². The predicted octanol–water partition coefficient (Wildman–Crippen LogP) is 1.20. The van der Waals surface area contributed by atoms with Gasteiger partial charge in [-0.05, 0) is 18.9 Å². The van der Waals surface area contributed by atoms with Crippen LogP contribution in [0.1, 0.15) is 24.7 Å². The molecule has 4 aromatic rings. The molecule has 0 amide bonds. The van der Waals surface area contributed by atoms with Gasteiger partial charge in [-0.3, -0.25) is 9.36 Å². The van der Waals surface area contributed by atoms with Gasteiger partial charge in [-0.25, -0.2) is 27.9 Å². The Hall–Kier alpha value is -2.99. The minimum Gasteiger partial charge on any atom is -0.344 e. The molecule has 13 heteroatoms. The van der Waals surface area contributed by atoms with Gasteiger partial charge in [0.05, 0.1) is 23.1 Å². The molecule has 5 rings (SSSR count). The van der Waals surface area contributed by atoms with Crippen molar-refractivity contribution in [2.45, 2.75) is 25.4 Å². The van der Waals surface area contributed by atoms with Gasteiger partial charge >= 0.3 is 0 Å². The van der Waals surface area contributed by atoms with Gasteiger partial charge in [-0.2, -0.15) is 5.10 Å². The molecule has 1 aliphatic rings. The lowest BCUT2D eigenvalue weighted by Gasteiger charge is -2.27. The van der Waals surface area contributed by atoms with E-state index < -0.39 is 9.84 Å². The topological polar surface area (TPSA) is 131 Å². The van der Waals surface area contributed by atoms with Gasteiger partial charge in [0.2, 0.25) is 0 Å². The average molecular weight is 463 g/mol. The van der Waals surface area contributed by atoms with Crippen LogP contribution in [0.5, 0.6) is 0 Å². The van der Waals surface area contributed by atoms with E-state index in [1.54, 1.807) is 18.6 Å². The summed E-state index contributed by atoms with van der Waals surface area (Å²) in [5.41, 5.74) is 1.10. The van der Waals surface area contributed by atoms with Crippen LogP contribution in [-0.4, -0.2) is 61.1 Å². The smallest absolute Gasteiger partial charge is 0.279 e. The Labute approximate surface area is 181 Å². The molecule has 11 nitrogen and oxygen atoms in total. The van der Waals surface area contributed by atoms with Crippen molar-refractivity contribution >= 4 is 43.9 Å². The lowest BCUT2D eigenvalue weighted by Crippen LogP contribution is -2.35. The van der Waals surface area contributed by atoms with Gasteiger partial charge in [-0.1, -0.05) is 11.6 Å². The van der Waals surface area contributed by atoms with Gasteiger partial charge in [0.25, 0.3) is 5.56 Å².